The van der Waals surface area contributed by atoms with Crippen LogP contribution in [0.4, 0.5) is 10.6 Å². The van der Waals surface area contributed by atoms with Crippen LogP contribution in [0.25, 0.3) is 11.3 Å². The lowest BCUT2D eigenvalue weighted by atomic mass is 10.0. The Hall–Kier alpha value is -2.58. The molecule has 3 atom stereocenters. The number of nitrogens with zero attached hydrogens (tertiary/aromatic N) is 2. The molecule has 2 fully saturated rings. The number of halogens is 1. The first kappa shape index (κ1) is 18.8. The molecule has 28 heavy (non-hydrogen) atoms. The average Bonchev–Trinajstić information content (AvgIpc) is 3.34. The second kappa shape index (κ2) is 8.20. The van der Waals surface area contributed by atoms with Crippen LogP contribution in [-0.4, -0.2) is 40.2 Å². The molecule has 1 aromatic heterocycles. The minimum Gasteiger partial charge on any atom is -0.337 e. The number of nitrogens with one attached hydrogen (secondary N) is 4. The molecule has 2 heterocycles. The van der Waals surface area contributed by atoms with E-state index in [2.05, 4.69) is 26.4 Å². The van der Waals surface area contributed by atoms with Crippen LogP contribution in [0.1, 0.15) is 25.6 Å². The maximum absolute atomic E-state index is 12.5. The normalized spacial score (nSPS) is 23.8. The van der Waals surface area contributed by atoms with Crippen molar-refractivity contribution in [3.63, 3.8) is 0 Å². The number of carbonyl (C=O) groups excluding carboxylic acids is 2. The maximum atomic E-state index is 12.5. The highest BCUT2D eigenvalue weighted by molar-refractivity contribution is 6.18. The Bertz CT molecular complexity index is 855. The first-order valence-electron chi connectivity index (χ1n) is 9.48. The Morgan fingerprint density at radius 1 is 1.29 bits per heavy atom. The van der Waals surface area contributed by atoms with Crippen molar-refractivity contribution in [2.24, 2.45) is 5.92 Å². The molecule has 0 radical (unpaired) electrons. The quantitative estimate of drug-likeness (QED) is 0.576. The van der Waals surface area contributed by atoms with Gasteiger partial charge in [0.2, 0.25) is 5.91 Å². The zero-order valence-electron chi connectivity index (χ0n) is 15.3. The molecule has 3 amide bonds. The maximum Gasteiger partial charge on any atom is 0.320 e. The van der Waals surface area contributed by atoms with Crippen LogP contribution in [0, 0.1) is 5.92 Å². The number of urea groups is 1. The standard InChI is InChI=1S/C19H23ClN6O2/c20-9-10-21-19(28)23-16-11-15(12-5-2-1-3-6-12)25-26(16)18-22-14-8-4-7-13(14)17(27)24-18/h1-3,5-6,11,13-14,18,22H,4,7-10H2,(H,24,27)(H2,21,23,28). The zero-order valence-corrected chi connectivity index (χ0v) is 16.1. The van der Waals surface area contributed by atoms with Crippen LogP contribution in [0.2, 0.25) is 0 Å². The zero-order chi connectivity index (χ0) is 19.5. The summed E-state index contributed by atoms with van der Waals surface area (Å²) >= 11 is 5.64. The third kappa shape index (κ3) is 3.83. The fraction of sp³-hybridized carbons (Fsp3) is 0.421. The van der Waals surface area contributed by atoms with Gasteiger partial charge < -0.3 is 10.6 Å². The van der Waals surface area contributed by atoms with E-state index in [4.69, 9.17) is 11.6 Å². The molecule has 1 aromatic carbocycles. The Labute approximate surface area is 168 Å². The molecule has 1 aliphatic heterocycles. The molecule has 8 nitrogen and oxygen atoms in total. The number of benzene rings is 1. The molecular formula is C19H23ClN6O2. The summed E-state index contributed by atoms with van der Waals surface area (Å²) in [5.41, 5.74) is 1.63. The second-order valence-electron chi connectivity index (χ2n) is 7.02. The highest BCUT2D eigenvalue weighted by Crippen LogP contribution is 2.31. The van der Waals surface area contributed by atoms with Gasteiger partial charge in [-0.05, 0) is 12.8 Å². The number of carbonyl (C=O) groups is 2. The molecular weight excluding hydrogens is 380 g/mol. The van der Waals surface area contributed by atoms with Gasteiger partial charge in [-0.3, -0.25) is 15.4 Å². The Morgan fingerprint density at radius 3 is 2.89 bits per heavy atom. The summed E-state index contributed by atoms with van der Waals surface area (Å²) in [6.07, 6.45) is 2.37. The van der Waals surface area contributed by atoms with E-state index in [9.17, 15) is 9.59 Å². The predicted molar refractivity (Wildman–Crippen MR) is 107 cm³/mol. The number of hydrogen-bond acceptors (Lipinski definition) is 4. The third-order valence-electron chi connectivity index (χ3n) is 5.18. The smallest absolute Gasteiger partial charge is 0.320 e. The van der Waals surface area contributed by atoms with Gasteiger partial charge in [0.05, 0.1) is 11.6 Å². The third-order valence-corrected chi connectivity index (χ3v) is 5.36. The largest absolute Gasteiger partial charge is 0.337 e. The summed E-state index contributed by atoms with van der Waals surface area (Å²) in [7, 11) is 0. The Kier molecular flexibility index (Phi) is 5.50. The number of fused-ring (bicyclic) bond motifs is 1. The van der Waals surface area contributed by atoms with E-state index in [0.29, 0.717) is 23.9 Å². The molecule has 0 spiro atoms. The van der Waals surface area contributed by atoms with Crippen LogP contribution in [0.3, 0.4) is 0 Å². The molecule has 2 aromatic rings. The van der Waals surface area contributed by atoms with Gasteiger partial charge in [-0.15, -0.1) is 11.6 Å². The van der Waals surface area contributed by atoms with Gasteiger partial charge in [0, 0.05) is 30.1 Å². The fourth-order valence-corrected chi connectivity index (χ4v) is 3.94. The van der Waals surface area contributed by atoms with Gasteiger partial charge >= 0.3 is 6.03 Å². The Morgan fingerprint density at radius 2 is 2.11 bits per heavy atom. The molecule has 3 unspecified atom stereocenters. The van der Waals surface area contributed by atoms with Gasteiger partial charge in [0.25, 0.3) is 0 Å². The second-order valence-corrected chi connectivity index (χ2v) is 7.39. The van der Waals surface area contributed by atoms with Crippen LogP contribution in [0.5, 0.6) is 0 Å². The van der Waals surface area contributed by atoms with Crippen LogP contribution >= 0.6 is 11.6 Å². The van der Waals surface area contributed by atoms with Crippen molar-refractivity contribution in [2.75, 3.05) is 17.7 Å². The molecule has 4 rings (SSSR count). The van der Waals surface area contributed by atoms with Crippen molar-refractivity contribution in [1.82, 2.24) is 25.7 Å². The lowest BCUT2D eigenvalue weighted by molar-refractivity contribution is -0.130. The summed E-state index contributed by atoms with van der Waals surface area (Å²) < 4.78 is 1.62. The minimum absolute atomic E-state index is 0.00355. The number of aromatic nitrogens is 2. The fourth-order valence-electron chi connectivity index (χ4n) is 3.85. The molecule has 4 N–H and O–H groups in total. The Balaban J connectivity index is 1.63. The van der Waals surface area contributed by atoms with Gasteiger partial charge in [-0.2, -0.15) is 5.10 Å². The van der Waals surface area contributed by atoms with E-state index in [1.165, 1.54) is 0 Å². The first-order chi connectivity index (χ1) is 13.7. The van der Waals surface area contributed by atoms with Crippen molar-refractivity contribution in [2.45, 2.75) is 31.6 Å². The van der Waals surface area contributed by atoms with Crippen LogP contribution < -0.4 is 21.3 Å². The SMILES string of the molecule is O=C(NCCCl)Nc1cc(-c2ccccc2)nn1C1NC(=O)C2CCCC2N1. The van der Waals surface area contributed by atoms with Crippen molar-refractivity contribution in [3.05, 3.63) is 36.4 Å². The number of rotatable bonds is 5. The van der Waals surface area contributed by atoms with Crippen molar-refractivity contribution in [1.29, 1.82) is 0 Å². The molecule has 9 heteroatoms. The molecule has 148 valence electrons. The topological polar surface area (TPSA) is 100 Å². The van der Waals surface area contributed by atoms with E-state index >= 15 is 0 Å². The summed E-state index contributed by atoms with van der Waals surface area (Å²) in [4.78, 5) is 24.7. The molecule has 1 saturated carbocycles. The van der Waals surface area contributed by atoms with Gasteiger partial charge in [0.1, 0.15) is 5.82 Å². The summed E-state index contributed by atoms with van der Waals surface area (Å²) in [5, 5.41) is 16.6. The average molecular weight is 403 g/mol. The number of anilines is 1. The highest BCUT2D eigenvalue weighted by Gasteiger charge is 2.40. The lowest BCUT2D eigenvalue weighted by Gasteiger charge is -2.34. The van der Waals surface area contributed by atoms with Gasteiger partial charge in [-0.1, -0.05) is 36.8 Å². The summed E-state index contributed by atoms with van der Waals surface area (Å²) in [6, 6.07) is 11.2. The number of amides is 3. The van der Waals surface area contributed by atoms with Crippen LogP contribution in [-0.2, 0) is 4.79 Å². The van der Waals surface area contributed by atoms with Gasteiger partial charge in [-0.25, -0.2) is 9.48 Å². The van der Waals surface area contributed by atoms with E-state index in [1.54, 1.807) is 10.7 Å². The van der Waals surface area contributed by atoms with E-state index < -0.39 is 6.29 Å². The molecule has 0 bridgehead atoms. The van der Waals surface area contributed by atoms with Crippen molar-refractivity contribution >= 4 is 29.4 Å². The molecule has 1 saturated heterocycles. The molecule has 1 aliphatic carbocycles. The predicted octanol–water partition coefficient (Wildman–Crippen LogP) is 2.25. The summed E-state index contributed by atoms with van der Waals surface area (Å²) in [6.45, 7) is 0.356. The van der Waals surface area contributed by atoms with Crippen molar-refractivity contribution in [3.8, 4) is 11.3 Å². The number of hydrogen-bond donors (Lipinski definition) is 4. The first-order valence-corrected chi connectivity index (χ1v) is 10.0. The lowest BCUT2D eigenvalue weighted by Crippen LogP contribution is -2.57. The van der Waals surface area contributed by atoms with E-state index in [0.717, 1.165) is 24.8 Å². The van der Waals surface area contributed by atoms with E-state index in [-0.39, 0.29) is 23.9 Å². The van der Waals surface area contributed by atoms with Crippen molar-refractivity contribution < 1.29 is 9.59 Å². The van der Waals surface area contributed by atoms with Crippen LogP contribution in [0.15, 0.2) is 36.4 Å². The molecule has 2 aliphatic rings. The number of alkyl halides is 1. The summed E-state index contributed by atoms with van der Waals surface area (Å²) in [5.74, 6) is 0.843. The van der Waals surface area contributed by atoms with E-state index in [1.807, 2.05) is 30.3 Å². The highest BCUT2D eigenvalue weighted by atomic mass is 35.5. The monoisotopic (exact) mass is 402 g/mol. The minimum atomic E-state index is -0.521. The van der Waals surface area contributed by atoms with Gasteiger partial charge in [0.15, 0.2) is 6.29 Å².